The summed E-state index contributed by atoms with van der Waals surface area (Å²) >= 11 is 0. The van der Waals surface area contributed by atoms with Crippen molar-refractivity contribution in [3.8, 4) is 17.8 Å². The van der Waals surface area contributed by atoms with E-state index in [1.54, 1.807) is 18.5 Å². The fourth-order valence-corrected chi connectivity index (χ4v) is 4.33. The fraction of sp³-hybridized carbons (Fsp3) is 0.583. The number of nitrogens with zero attached hydrogens (tertiary/aromatic N) is 6. The van der Waals surface area contributed by atoms with Gasteiger partial charge in [0.25, 0.3) is 11.8 Å². The van der Waals surface area contributed by atoms with Gasteiger partial charge in [0.15, 0.2) is 5.75 Å². The zero-order valence-electron chi connectivity index (χ0n) is 20.2. The summed E-state index contributed by atoms with van der Waals surface area (Å²) in [4.78, 5) is 31.5. The second kappa shape index (κ2) is 9.91. The van der Waals surface area contributed by atoms with E-state index in [1.807, 2.05) is 4.90 Å². The lowest BCUT2D eigenvalue weighted by molar-refractivity contribution is -0.0902. The first-order valence-corrected chi connectivity index (χ1v) is 12.3. The lowest BCUT2D eigenvalue weighted by Crippen LogP contribution is -2.50. The third kappa shape index (κ3) is 5.95. The normalized spacial score (nSPS) is 20.4. The third-order valence-corrected chi connectivity index (χ3v) is 6.99. The Balaban J connectivity index is 1.24. The SMILES string of the molecule is N#CC1(COc2nc(C(=O)NC3CC(F)(F)C3)nc(N3CCC(COc4cnccc4N)CC3)n2)CC1. The molecule has 11 nitrogen and oxygen atoms in total. The Morgan fingerprint density at radius 2 is 1.97 bits per heavy atom. The highest BCUT2D eigenvalue weighted by atomic mass is 19.3. The van der Waals surface area contributed by atoms with Crippen LogP contribution in [0.25, 0.3) is 0 Å². The van der Waals surface area contributed by atoms with E-state index >= 15 is 0 Å². The van der Waals surface area contributed by atoms with Crippen LogP contribution in [0.3, 0.4) is 0 Å². The molecule has 0 aromatic carbocycles. The summed E-state index contributed by atoms with van der Waals surface area (Å²) in [6, 6.07) is 3.23. The maximum absolute atomic E-state index is 13.2. The number of pyridine rings is 1. The van der Waals surface area contributed by atoms with Gasteiger partial charge in [0.1, 0.15) is 6.61 Å². The average molecular weight is 515 g/mol. The molecule has 0 unspecified atom stereocenters. The maximum atomic E-state index is 13.2. The fourth-order valence-electron chi connectivity index (χ4n) is 4.33. The highest BCUT2D eigenvalue weighted by Crippen LogP contribution is 2.45. The van der Waals surface area contributed by atoms with E-state index in [1.165, 1.54) is 0 Å². The van der Waals surface area contributed by atoms with Crippen molar-refractivity contribution in [2.45, 2.75) is 50.5 Å². The number of anilines is 2. The third-order valence-electron chi connectivity index (χ3n) is 6.99. The van der Waals surface area contributed by atoms with Gasteiger partial charge in [-0.25, -0.2) is 8.78 Å². The molecule has 2 saturated carbocycles. The Labute approximate surface area is 212 Å². The molecule has 1 saturated heterocycles. The standard InChI is InChI=1S/C24H28F2N8O3/c25-24(26)9-16(10-24)30-20(35)19-31-21(33-22(32-19)37-14-23(13-27)4-5-23)34-7-2-15(3-8-34)12-36-18-11-29-6-1-17(18)28/h1,6,11,15-16H,2-5,7-10,12,14H2,(H2,28,29)(H,30,35). The van der Waals surface area contributed by atoms with E-state index in [-0.39, 0.29) is 30.3 Å². The number of hydrogen-bond acceptors (Lipinski definition) is 10. The number of alkyl halides is 2. The van der Waals surface area contributed by atoms with E-state index in [9.17, 15) is 18.8 Å². The molecule has 0 spiro atoms. The summed E-state index contributed by atoms with van der Waals surface area (Å²) in [5.74, 6) is -2.52. The van der Waals surface area contributed by atoms with Gasteiger partial charge in [-0.3, -0.25) is 9.78 Å². The van der Waals surface area contributed by atoms with Crippen molar-refractivity contribution < 1.29 is 23.0 Å². The molecule has 3 N–H and O–H groups in total. The number of halogens is 2. The number of nitrogen functional groups attached to an aromatic ring is 1. The molecule has 1 aliphatic heterocycles. The van der Waals surface area contributed by atoms with Gasteiger partial charge in [0, 0.05) is 38.2 Å². The van der Waals surface area contributed by atoms with Gasteiger partial charge in [-0.15, -0.1) is 0 Å². The summed E-state index contributed by atoms with van der Waals surface area (Å²) < 4.78 is 37.9. The Bertz CT molecular complexity index is 1190. The van der Waals surface area contributed by atoms with E-state index < -0.39 is 36.1 Å². The van der Waals surface area contributed by atoms with Gasteiger partial charge in [0.05, 0.1) is 30.0 Å². The minimum absolute atomic E-state index is 0.0619. The van der Waals surface area contributed by atoms with Gasteiger partial charge in [-0.1, -0.05) is 0 Å². The van der Waals surface area contributed by atoms with Crippen molar-refractivity contribution >= 4 is 17.5 Å². The van der Waals surface area contributed by atoms with Gasteiger partial charge in [0.2, 0.25) is 11.8 Å². The first kappa shape index (κ1) is 24.9. The van der Waals surface area contributed by atoms with E-state index in [0.29, 0.717) is 31.1 Å². The van der Waals surface area contributed by atoms with Gasteiger partial charge in [-0.2, -0.15) is 20.2 Å². The highest BCUT2D eigenvalue weighted by molar-refractivity contribution is 5.91. The second-order valence-electron chi connectivity index (χ2n) is 10.0. The van der Waals surface area contributed by atoms with Crippen molar-refractivity contribution in [3.05, 3.63) is 24.3 Å². The number of amides is 1. The van der Waals surface area contributed by atoms with Crippen LogP contribution in [0.4, 0.5) is 20.4 Å². The Hall–Kier alpha value is -3.82. The molecular formula is C24H28F2N8O3. The number of aromatic nitrogens is 4. The topological polar surface area (TPSA) is 152 Å². The largest absolute Gasteiger partial charge is 0.490 e. The average Bonchev–Trinajstić information content (AvgIpc) is 3.66. The van der Waals surface area contributed by atoms with Crippen molar-refractivity contribution in [1.29, 1.82) is 5.26 Å². The van der Waals surface area contributed by atoms with Crippen molar-refractivity contribution in [2.75, 3.05) is 36.9 Å². The van der Waals surface area contributed by atoms with Crippen molar-refractivity contribution in [3.63, 3.8) is 0 Å². The Morgan fingerprint density at radius 3 is 2.62 bits per heavy atom. The molecule has 3 aliphatic rings. The molecule has 2 aromatic heterocycles. The zero-order valence-corrected chi connectivity index (χ0v) is 20.2. The van der Waals surface area contributed by atoms with Crippen LogP contribution in [0.2, 0.25) is 0 Å². The smallest absolute Gasteiger partial charge is 0.322 e. The zero-order chi connectivity index (χ0) is 26.0. The molecule has 5 rings (SSSR count). The Kier molecular flexibility index (Phi) is 6.66. The Morgan fingerprint density at radius 1 is 1.22 bits per heavy atom. The lowest BCUT2D eigenvalue weighted by Gasteiger charge is -2.35. The number of carbonyl (C=O) groups excluding carboxylic acids is 1. The second-order valence-corrected chi connectivity index (χ2v) is 10.0. The summed E-state index contributed by atoms with van der Waals surface area (Å²) in [7, 11) is 0. The van der Waals surface area contributed by atoms with Crippen LogP contribution in [0.1, 0.15) is 49.1 Å². The van der Waals surface area contributed by atoms with Crippen molar-refractivity contribution in [1.82, 2.24) is 25.3 Å². The van der Waals surface area contributed by atoms with Crippen LogP contribution < -0.4 is 25.4 Å². The number of piperidine rings is 1. The maximum Gasteiger partial charge on any atom is 0.322 e. The first-order valence-electron chi connectivity index (χ1n) is 12.3. The molecule has 2 aliphatic carbocycles. The molecule has 1 amide bonds. The predicted octanol–water partition coefficient (Wildman–Crippen LogP) is 2.35. The summed E-state index contributed by atoms with van der Waals surface area (Å²) in [6.45, 7) is 1.82. The van der Waals surface area contributed by atoms with Gasteiger partial charge >= 0.3 is 6.01 Å². The van der Waals surface area contributed by atoms with Crippen LogP contribution in [-0.4, -0.2) is 64.1 Å². The lowest BCUT2D eigenvalue weighted by atomic mass is 9.88. The monoisotopic (exact) mass is 514 g/mol. The summed E-state index contributed by atoms with van der Waals surface area (Å²) in [5, 5.41) is 11.9. The van der Waals surface area contributed by atoms with Gasteiger partial charge < -0.3 is 25.4 Å². The number of nitrogens with one attached hydrogen (secondary N) is 1. The first-order chi connectivity index (χ1) is 17.7. The molecule has 37 heavy (non-hydrogen) atoms. The van der Waals surface area contributed by atoms with Crippen LogP contribution >= 0.6 is 0 Å². The number of nitrogens with two attached hydrogens (primary N) is 1. The molecular weight excluding hydrogens is 486 g/mol. The number of nitriles is 1. The molecule has 0 atom stereocenters. The predicted molar refractivity (Wildman–Crippen MR) is 127 cm³/mol. The minimum Gasteiger partial charge on any atom is -0.490 e. The van der Waals surface area contributed by atoms with Crippen LogP contribution in [-0.2, 0) is 0 Å². The number of carbonyl (C=O) groups is 1. The quantitative estimate of drug-likeness (QED) is 0.510. The number of hydrogen-bond donors (Lipinski definition) is 2. The van der Waals surface area contributed by atoms with Gasteiger partial charge in [-0.05, 0) is 37.7 Å². The van der Waals surface area contributed by atoms with Crippen molar-refractivity contribution in [2.24, 2.45) is 11.3 Å². The molecule has 3 fully saturated rings. The number of ether oxygens (including phenoxy) is 2. The molecule has 0 bridgehead atoms. The molecule has 13 heteroatoms. The highest BCUT2D eigenvalue weighted by Gasteiger charge is 2.46. The number of rotatable bonds is 9. The molecule has 3 heterocycles. The van der Waals surface area contributed by atoms with E-state index in [0.717, 1.165) is 25.7 Å². The molecule has 0 radical (unpaired) electrons. The summed E-state index contributed by atoms with van der Waals surface area (Å²) in [6.07, 6.45) is 5.41. The van der Waals surface area contributed by atoms with E-state index in [4.69, 9.17) is 15.2 Å². The van der Waals surface area contributed by atoms with E-state index in [2.05, 4.69) is 31.3 Å². The van der Waals surface area contributed by atoms with Crippen LogP contribution in [0, 0.1) is 22.7 Å². The summed E-state index contributed by atoms with van der Waals surface area (Å²) in [5.41, 5.74) is 5.89. The van der Waals surface area contributed by atoms with Crippen LogP contribution in [0.5, 0.6) is 11.8 Å². The molecule has 196 valence electrons. The molecule has 2 aromatic rings. The van der Waals surface area contributed by atoms with Crippen LogP contribution in [0.15, 0.2) is 18.5 Å². The minimum atomic E-state index is -2.76.